The van der Waals surface area contributed by atoms with Crippen LogP contribution in [0.15, 0.2) is 24.3 Å². The lowest BCUT2D eigenvalue weighted by Crippen LogP contribution is -2.41. The van der Waals surface area contributed by atoms with E-state index in [2.05, 4.69) is 0 Å². The SMILES string of the molecule is CCCC(C(=O)OCC)C(C)(O)CCc1ccc(O)cc1. The van der Waals surface area contributed by atoms with E-state index in [1.807, 2.05) is 19.1 Å². The number of aryl methyl sites for hydroxylation is 1. The summed E-state index contributed by atoms with van der Waals surface area (Å²) in [6.45, 7) is 5.78. The topological polar surface area (TPSA) is 66.8 Å². The minimum absolute atomic E-state index is 0.223. The number of aromatic hydroxyl groups is 1. The predicted octanol–water partition coefficient (Wildman–Crippen LogP) is 3.06. The highest BCUT2D eigenvalue weighted by Crippen LogP contribution is 2.28. The van der Waals surface area contributed by atoms with E-state index in [1.54, 1.807) is 26.0 Å². The average Bonchev–Trinajstić information content (AvgIpc) is 2.44. The second-order valence-electron chi connectivity index (χ2n) is 5.62. The quantitative estimate of drug-likeness (QED) is 0.723. The van der Waals surface area contributed by atoms with Gasteiger partial charge in [0.15, 0.2) is 0 Å². The number of phenols is 1. The fraction of sp³-hybridized carbons (Fsp3) is 0.588. The Morgan fingerprint density at radius 1 is 1.29 bits per heavy atom. The summed E-state index contributed by atoms with van der Waals surface area (Å²) in [4.78, 5) is 12.0. The summed E-state index contributed by atoms with van der Waals surface area (Å²) in [6.07, 6.45) is 2.55. The Morgan fingerprint density at radius 3 is 2.43 bits per heavy atom. The van der Waals surface area contributed by atoms with Gasteiger partial charge in [-0.05, 0) is 50.8 Å². The Balaban J connectivity index is 2.71. The fourth-order valence-corrected chi connectivity index (χ4v) is 2.45. The van der Waals surface area contributed by atoms with Gasteiger partial charge in [0, 0.05) is 0 Å². The number of benzene rings is 1. The highest BCUT2D eigenvalue weighted by molar-refractivity contribution is 5.73. The summed E-state index contributed by atoms with van der Waals surface area (Å²) in [5, 5.41) is 19.9. The number of ether oxygens (including phenoxy) is 1. The summed E-state index contributed by atoms with van der Waals surface area (Å²) in [5.74, 6) is -0.601. The third kappa shape index (κ3) is 5.38. The number of carbonyl (C=O) groups is 1. The Morgan fingerprint density at radius 2 is 1.90 bits per heavy atom. The monoisotopic (exact) mass is 294 g/mol. The van der Waals surface area contributed by atoms with E-state index in [0.29, 0.717) is 25.9 Å². The van der Waals surface area contributed by atoms with Gasteiger partial charge in [-0.15, -0.1) is 0 Å². The van der Waals surface area contributed by atoms with E-state index in [4.69, 9.17) is 4.74 Å². The molecule has 21 heavy (non-hydrogen) atoms. The third-order valence-electron chi connectivity index (χ3n) is 3.76. The number of phenolic OH excluding ortho intramolecular Hbond substituents is 1. The van der Waals surface area contributed by atoms with Crippen molar-refractivity contribution in [1.82, 2.24) is 0 Å². The molecule has 0 saturated heterocycles. The van der Waals surface area contributed by atoms with Crippen LogP contribution in [0, 0.1) is 5.92 Å². The number of esters is 1. The zero-order chi connectivity index (χ0) is 15.9. The van der Waals surface area contributed by atoms with Gasteiger partial charge in [0.05, 0.1) is 18.1 Å². The van der Waals surface area contributed by atoms with Crippen LogP contribution in [0.2, 0.25) is 0 Å². The maximum Gasteiger partial charge on any atom is 0.311 e. The van der Waals surface area contributed by atoms with Crippen LogP contribution < -0.4 is 0 Å². The molecular formula is C17H26O4. The molecule has 0 bridgehead atoms. The molecule has 0 radical (unpaired) electrons. The van der Waals surface area contributed by atoms with E-state index in [9.17, 15) is 15.0 Å². The first kappa shape index (κ1) is 17.5. The number of hydrogen-bond donors (Lipinski definition) is 2. The summed E-state index contributed by atoms with van der Waals surface area (Å²) in [6, 6.07) is 6.90. The molecule has 0 amide bonds. The van der Waals surface area contributed by atoms with Crippen molar-refractivity contribution in [2.24, 2.45) is 5.92 Å². The van der Waals surface area contributed by atoms with Gasteiger partial charge in [0.1, 0.15) is 5.75 Å². The summed E-state index contributed by atoms with van der Waals surface area (Å²) in [7, 11) is 0. The van der Waals surface area contributed by atoms with E-state index in [-0.39, 0.29) is 11.7 Å². The second-order valence-corrected chi connectivity index (χ2v) is 5.62. The van der Waals surface area contributed by atoms with Crippen LogP contribution >= 0.6 is 0 Å². The molecular weight excluding hydrogens is 268 g/mol. The van der Waals surface area contributed by atoms with Crippen molar-refractivity contribution in [3.05, 3.63) is 29.8 Å². The lowest BCUT2D eigenvalue weighted by Gasteiger charge is -2.31. The van der Waals surface area contributed by atoms with Crippen molar-refractivity contribution in [3.8, 4) is 5.75 Å². The van der Waals surface area contributed by atoms with Gasteiger partial charge in [-0.3, -0.25) is 4.79 Å². The molecule has 118 valence electrons. The van der Waals surface area contributed by atoms with Crippen LogP contribution in [0.25, 0.3) is 0 Å². The second kappa shape index (κ2) is 8.03. The van der Waals surface area contributed by atoms with Gasteiger partial charge in [-0.1, -0.05) is 25.5 Å². The van der Waals surface area contributed by atoms with Crippen LogP contribution in [0.3, 0.4) is 0 Å². The van der Waals surface area contributed by atoms with Gasteiger partial charge in [0.2, 0.25) is 0 Å². The Hall–Kier alpha value is -1.55. The van der Waals surface area contributed by atoms with Crippen molar-refractivity contribution in [2.45, 2.75) is 52.1 Å². The molecule has 0 aliphatic carbocycles. The number of carbonyl (C=O) groups excluding carboxylic acids is 1. The van der Waals surface area contributed by atoms with Gasteiger partial charge >= 0.3 is 5.97 Å². The molecule has 1 rings (SSSR count). The molecule has 0 fully saturated rings. The molecule has 0 aliphatic heterocycles. The minimum Gasteiger partial charge on any atom is -0.508 e. The number of aliphatic hydroxyl groups is 1. The zero-order valence-electron chi connectivity index (χ0n) is 13.1. The minimum atomic E-state index is -1.10. The van der Waals surface area contributed by atoms with Crippen LogP contribution in [0.4, 0.5) is 0 Å². The molecule has 0 spiro atoms. The van der Waals surface area contributed by atoms with Crippen molar-refractivity contribution >= 4 is 5.97 Å². The summed E-state index contributed by atoms with van der Waals surface area (Å²) in [5.41, 5.74) is -0.0765. The Kier molecular flexibility index (Phi) is 6.69. The fourth-order valence-electron chi connectivity index (χ4n) is 2.45. The summed E-state index contributed by atoms with van der Waals surface area (Å²) >= 11 is 0. The van der Waals surface area contributed by atoms with E-state index >= 15 is 0 Å². The Bertz CT molecular complexity index is 437. The molecule has 2 N–H and O–H groups in total. The van der Waals surface area contributed by atoms with E-state index in [0.717, 1.165) is 12.0 Å². The van der Waals surface area contributed by atoms with E-state index in [1.165, 1.54) is 0 Å². The van der Waals surface area contributed by atoms with Crippen molar-refractivity contribution in [3.63, 3.8) is 0 Å². The van der Waals surface area contributed by atoms with Crippen LogP contribution in [0.5, 0.6) is 5.75 Å². The largest absolute Gasteiger partial charge is 0.508 e. The van der Waals surface area contributed by atoms with Crippen molar-refractivity contribution in [2.75, 3.05) is 6.61 Å². The lowest BCUT2D eigenvalue weighted by atomic mass is 9.81. The van der Waals surface area contributed by atoms with Gasteiger partial charge < -0.3 is 14.9 Å². The molecule has 2 atom stereocenters. The first-order chi connectivity index (χ1) is 9.90. The predicted molar refractivity (Wildman–Crippen MR) is 82.1 cm³/mol. The van der Waals surface area contributed by atoms with Gasteiger partial charge in [-0.2, -0.15) is 0 Å². The molecule has 1 aromatic carbocycles. The smallest absolute Gasteiger partial charge is 0.311 e. The van der Waals surface area contributed by atoms with E-state index < -0.39 is 11.5 Å². The Labute approximate surface area is 126 Å². The van der Waals surface area contributed by atoms with Crippen LogP contribution in [0.1, 0.15) is 45.6 Å². The number of rotatable bonds is 8. The summed E-state index contributed by atoms with van der Waals surface area (Å²) < 4.78 is 5.08. The highest BCUT2D eigenvalue weighted by atomic mass is 16.5. The van der Waals surface area contributed by atoms with Crippen LogP contribution in [-0.2, 0) is 16.0 Å². The molecule has 2 unspecified atom stereocenters. The average molecular weight is 294 g/mol. The first-order valence-electron chi connectivity index (χ1n) is 7.57. The first-order valence-corrected chi connectivity index (χ1v) is 7.57. The molecule has 4 heteroatoms. The lowest BCUT2D eigenvalue weighted by molar-refractivity contribution is -0.158. The maximum absolute atomic E-state index is 12.0. The standard InChI is InChI=1S/C17H26O4/c1-4-6-15(16(19)21-5-2)17(3,20)12-11-13-7-9-14(18)10-8-13/h7-10,15,18,20H,4-6,11-12H2,1-3H3. The molecule has 0 heterocycles. The van der Waals surface area contributed by atoms with Gasteiger partial charge in [0.25, 0.3) is 0 Å². The molecule has 1 aromatic rings. The highest BCUT2D eigenvalue weighted by Gasteiger charge is 2.37. The molecule has 0 aromatic heterocycles. The van der Waals surface area contributed by atoms with Crippen molar-refractivity contribution in [1.29, 1.82) is 0 Å². The zero-order valence-corrected chi connectivity index (χ0v) is 13.1. The maximum atomic E-state index is 12.0. The number of hydrogen-bond acceptors (Lipinski definition) is 4. The molecule has 0 aliphatic rings. The molecule has 0 saturated carbocycles. The normalized spacial score (nSPS) is 15.2. The molecule has 4 nitrogen and oxygen atoms in total. The van der Waals surface area contributed by atoms with Crippen LogP contribution in [-0.4, -0.2) is 28.4 Å². The van der Waals surface area contributed by atoms with Crippen molar-refractivity contribution < 1.29 is 19.7 Å². The third-order valence-corrected chi connectivity index (χ3v) is 3.76. The van der Waals surface area contributed by atoms with Gasteiger partial charge in [-0.25, -0.2) is 0 Å².